The van der Waals surface area contributed by atoms with Crippen LogP contribution in [-0.4, -0.2) is 11.0 Å². The molecule has 4 nitrogen and oxygen atoms in total. The lowest BCUT2D eigenvalue weighted by Crippen LogP contribution is -2.42. The Bertz CT molecular complexity index is 625. The van der Waals surface area contributed by atoms with E-state index in [0.717, 1.165) is 16.9 Å². The molecule has 0 saturated heterocycles. The van der Waals surface area contributed by atoms with Gasteiger partial charge < -0.3 is 5.32 Å². The lowest BCUT2D eigenvalue weighted by molar-refractivity contribution is 0.425. The summed E-state index contributed by atoms with van der Waals surface area (Å²) in [7, 11) is 0. The number of nitrogens with two attached hydrogens (primary N) is 1. The van der Waals surface area contributed by atoms with E-state index in [1.165, 1.54) is 17.1 Å². The van der Waals surface area contributed by atoms with Crippen LogP contribution in [0.15, 0.2) is 53.5 Å². The quantitative estimate of drug-likeness (QED) is 0.771. The number of nitrogens with one attached hydrogen (secondary N) is 1. The van der Waals surface area contributed by atoms with Crippen LogP contribution < -0.4 is 11.2 Å². The summed E-state index contributed by atoms with van der Waals surface area (Å²) in [6.45, 7) is 0.422. The highest BCUT2D eigenvalue weighted by Crippen LogP contribution is 2.25. The third kappa shape index (κ3) is 2.41. The van der Waals surface area contributed by atoms with Gasteiger partial charge in [-0.1, -0.05) is 18.2 Å². The van der Waals surface area contributed by atoms with Crippen molar-refractivity contribution in [3.05, 3.63) is 59.9 Å². The second-order valence-electron chi connectivity index (χ2n) is 4.33. The average molecular weight is 256 g/mol. The second kappa shape index (κ2) is 4.70. The number of guanidine groups is 1. The Hall–Kier alpha value is -2.40. The van der Waals surface area contributed by atoms with Crippen molar-refractivity contribution in [2.24, 2.45) is 10.8 Å². The first-order valence-electron chi connectivity index (χ1n) is 5.94. The van der Waals surface area contributed by atoms with Gasteiger partial charge in [0.25, 0.3) is 0 Å². The summed E-state index contributed by atoms with van der Waals surface area (Å²) in [5, 5.41) is 4.61. The second-order valence-corrected chi connectivity index (χ2v) is 4.33. The SMILES string of the molecule is NN1Cc2cc(F)ccc2N=C1Nc1ccccc1. The van der Waals surface area contributed by atoms with Crippen molar-refractivity contribution in [2.45, 2.75) is 6.54 Å². The Kier molecular flexibility index (Phi) is 2.89. The third-order valence-electron chi connectivity index (χ3n) is 2.91. The molecule has 0 amide bonds. The van der Waals surface area contributed by atoms with Crippen LogP contribution in [-0.2, 0) is 6.54 Å². The van der Waals surface area contributed by atoms with Crippen LogP contribution in [0.3, 0.4) is 0 Å². The molecule has 19 heavy (non-hydrogen) atoms. The Labute approximate surface area is 110 Å². The van der Waals surface area contributed by atoms with Crippen LogP contribution >= 0.6 is 0 Å². The molecule has 0 aliphatic carbocycles. The van der Waals surface area contributed by atoms with Gasteiger partial charge in [-0.3, -0.25) is 5.01 Å². The molecule has 5 heteroatoms. The zero-order chi connectivity index (χ0) is 13.2. The first-order valence-corrected chi connectivity index (χ1v) is 5.94. The van der Waals surface area contributed by atoms with Crippen LogP contribution in [0.2, 0.25) is 0 Å². The summed E-state index contributed by atoms with van der Waals surface area (Å²) in [5.41, 5.74) is 2.42. The van der Waals surface area contributed by atoms with Gasteiger partial charge in [0, 0.05) is 11.3 Å². The predicted octanol–water partition coefficient (Wildman–Crippen LogP) is 2.61. The molecule has 0 saturated carbocycles. The first-order chi connectivity index (χ1) is 9.22. The van der Waals surface area contributed by atoms with Crippen LogP contribution in [0.25, 0.3) is 0 Å². The number of aliphatic imine (C=N–C) groups is 1. The molecule has 1 aliphatic rings. The molecule has 96 valence electrons. The van der Waals surface area contributed by atoms with Gasteiger partial charge in [-0.2, -0.15) is 0 Å². The maximum atomic E-state index is 13.1. The summed E-state index contributed by atoms with van der Waals surface area (Å²) >= 11 is 0. The van der Waals surface area contributed by atoms with Crippen molar-refractivity contribution in [1.82, 2.24) is 5.01 Å². The zero-order valence-electron chi connectivity index (χ0n) is 10.2. The van der Waals surface area contributed by atoms with Crippen molar-refractivity contribution in [3.8, 4) is 0 Å². The molecule has 1 aliphatic heterocycles. The third-order valence-corrected chi connectivity index (χ3v) is 2.91. The standard InChI is InChI=1S/C14H13FN4/c15-11-6-7-13-10(8-11)9-19(16)14(18-13)17-12-4-2-1-3-5-12/h1-8H,9,16H2,(H,17,18). The van der Waals surface area contributed by atoms with Crippen LogP contribution in [0, 0.1) is 5.82 Å². The molecule has 0 atom stereocenters. The molecule has 0 spiro atoms. The molecule has 3 N–H and O–H groups in total. The van der Waals surface area contributed by atoms with Gasteiger partial charge in [0.15, 0.2) is 0 Å². The van der Waals surface area contributed by atoms with Gasteiger partial charge in [-0.25, -0.2) is 15.2 Å². The summed E-state index contributed by atoms with van der Waals surface area (Å²) < 4.78 is 13.1. The van der Waals surface area contributed by atoms with Crippen LogP contribution in [0.1, 0.15) is 5.56 Å². The van der Waals surface area contributed by atoms with Gasteiger partial charge in [0.05, 0.1) is 12.2 Å². The fraction of sp³-hybridized carbons (Fsp3) is 0.0714. The summed E-state index contributed by atoms with van der Waals surface area (Å²) in [6.07, 6.45) is 0. The summed E-state index contributed by atoms with van der Waals surface area (Å²) in [6, 6.07) is 14.2. The maximum Gasteiger partial charge on any atom is 0.218 e. The van der Waals surface area contributed by atoms with Gasteiger partial charge in [0.1, 0.15) is 5.82 Å². The van der Waals surface area contributed by atoms with E-state index in [1.807, 2.05) is 30.3 Å². The van der Waals surface area contributed by atoms with Crippen molar-refractivity contribution in [2.75, 3.05) is 5.32 Å². The summed E-state index contributed by atoms with van der Waals surface area (Å²) in [5.74, 6) is 6.18. The number of nitrogens with zero attached hydrogens (tertiary/aromatic N) is 2. The Morgan fingerprint density at radius 2 is 1.95 bits per heavy atom. The van der Waals surface area contributed by atoms with E-state index in [0.29, 0.717) is 12.5 Å². The van der Waals surface area contributed by atoms with Crippen LogP contribution in [0.4, 0.5) is 15.8 Å². The number of benzene rings is 2. The number of hydrazine groups is 1. The minimum atomic E-state index is -0.276. The normalized spacial score (nSPS) is 13.8. The maximum absolute atomic E-state index is 13.1. The average Bonchev–Trinajstić information content (AvgIpc) is 2.41. The number of fused-ring (bicyclic) bond motifs is 1. The molecule has 2 aromatic rings. The number of hydrogen-bond acceptors (Lipinski definition) is 4. The smallest absolute Gasteiger partial charge is 0.218 e. The molecule has 0 bridgehead atoms. The topological polar surface area (TPSA) is 53.6 Å². The monoisotopic (exact) mass is 256 g/mol. The van der Waals surface area contributed by atoms with E-state index in [9.17, 15) is 4.39 Å². The molecule has 0 fully saturated rings. The summed E-state index contributed by atoms with van der Waals surface area (Å²) in [4.78, 5) is 4.40. The zero-order valence-corrected chi connectivity index (χ0v) is 10.2. The minimum absolute atomic E-state index is 0.276. The molecular weight excluding hydrogens is 243 g/mol. The Morgan fingerprint density at radius 3 is 2.74 bits per heavy atom. The molecule has 3 rings (SSSR count). The number of halogens is 1. The highest BCUT2D eigenvalue weighted by Gasteiger charge is 2.17. The molecule has 2 aromatic carbocycles. The lowest BCUT2D eigenvalue weighted by Gasteiger charge is -2.26. The minimum Gasteiger partial charge on any atom is -0.325 e. The Balaban J connectivity index is 1.92. The molecular formula is C14H13FN4. The van der Waals surface area contributed by atoms with E-state index >= 15 is 0 Å². The fourth-order valence-electron chi connectivity index (χ4n) is 1.98. The first kappa shape index (κ1) is 11.7. The van der Waals surface area contributed by atoms with Crippen molar-refractivity contribution < 1.29 is 4.39 Å². The largest absolute Gasteiger partial charge is 0.325 e. The molecule has 0 unspecified atom stereocenters. The fourth-order valence-corrected chi connectivity index (χ4v) is 1.98. The van der Waals surface area contributed by atoms with E-state index < -0.39 is 0 Å². The number of para-hydroxylation sites is 1. The van der Waals surface area contributed by atoms with E-state index in [4.69, 9.17) is 5.84 Å². The van der Waals surface area contributed by atoms with Gasteiger partial charge in [0.2, 0.25) is 5.96 Å². The van der Waals surface area contributed by atoms with Crippen LogP contribution in [0.5, 0.6) is 0 Å². The highest BCUT2D eigenvalue weighted by atomic mass is 19.1. The number of hydrogen-bond donors (Lipinski definition) is 2. The van der Waals surface area contributed by atoms with Gasteiger partial charge in [-0.05, 0) is 30.3 Å². The van der Waals surface area contributed by atoms with Crippen molar-refractivity contribution in [1.29, 1.82) is 0 Å². The van der Waals surface area contributed by atoms with Crippen molar-refractivity contribution in [3.63, 3.8) is 0 Å². The predicted molar refractivity (Wildman–Crippen MR) is 73.3 cm³/mol. The van der Waals surface area contributed by atoms with Gasteiger partial charge in [-0.15, -0.1) is 0 Å². The Morgan fingerprint density at radius 1 is 1.16 bits per heavy atom. The van der Waals surface area contributed by atoms with Crippen molar-refractivity contribution >= 4 is 17.3 Å². The molecule has 0 aromatic heterocycles. The molecule has 0 radical (unpaired) electrons. The molecule has 1 heterocycles. The van der Waals surface area contributed by atoms with E-state index in [-0.39, 0.29) is 5.82 Å². The van der Waals surface area contributed by atoms with E-state index in [1.54, 1.807) is 6.07 Å². The highest BCUT2D eigenvalue weighted by molar-refractivity contribution is 5.96. The van der Waals surface area contributed by atoms with Gasteiger partial charge >= 0.3 is 0 Å². The number of anilines is 1. The lowest BCUT2D eigenvalue weighted by atomic mass is 10.1. The number of rotatable bonds is 1. The van der Waals surface area contributed by atoms with E-state index in [2.05, 4.69) is 10.3 Å².